The van der Waals surface area contributed by atoms with Gasteiger partial charge in [0.05, 0.1) is 0 Å². The van der Waals surface area contributed by atoms with Crippen LogP contribution in [0.4, 0.5) is 27.5 Å². The normalized spacial score (nSPS) is 10.1. The van der Waals surface area contributed by atoms with Gasteiger partial charge in [-0.05, 0) is 60.7 Å². The molecule has 1 aromatic heterocycles. The minimum atomic E-state index is -0.326. The van der Waals surface area contributed by atoms with E-state index in [4.69, 9.17) is 0 Å². The summed E-state index contributed by atoms with van der Waals surface area (Å²) < 4.78 is 0.943. The fourth-order valence-electron chi connectivity index (χ4n) is 2.39. The molecule has 0 bridgehead atoms. The van der Waals surface area contributed by atoms with E-state index < -0.39 is 0 Å². The first-order valence-electron chi connectivity index (χ1n) is 8.42. The molecule has 7 nitrogen and oxygen atoms in total. The second-order valence-corrected chi connectivity index (χ2v) is 6.71. The first kappa shape index (κ1) is 19.4. The van der Waals surface area contributed by atoms with E-state index in [0.717, 1.165) is 15.8 Å². The van der Waals surface area contributed by atoms with E-state index in [1.54, 1.807) is 49.6 Å². The molecule has 8 heteroatoms. The quantitative estimate of drug-likeness (QED) is 0.467. The Bertz CT molecular complexity index is 975. The van der Waals surface area contributed by atoms with Crippen LogP contribution in [0.3, 0.4) is 0 Å². The average molecular weight is 440 g/mol. The van der Waals surface area contributed by atoms with Gasteiger partial charge >= 0.3 is 6.03 Å². The average Bonchev–Trinajstić information content (AvgIpc) is 2.71. The Morgan fingerprint density at radius 3 is 2.00 bits per heavy atom. The van der Waals surface area contributed by atoms with Crippen LogP contribution in [-0.2, 0) is 0 Å². The number of pyridine rings is 1. The van der Waals surface area contributed by atoms with Gasteiger partial charge in [-0.1, -0.05) is 15.9 Å². The van der Waals surface area contributed by atoms with E-state index in [2.05, 4.69) is 42.2 Å². The largest absolute Gasteiger partial charge is 0.355 e. The molecule has 0 aliphatic carbocycles. The summed E-state index contributed by atoms with van der Waals surface area (Å²) in [5, 5.41) is 11.3. The van der Waals surface area contributed by atoms with Crippen molar-refractivity contribution < 1.29 is 9.59 Å². The third kappa shape index (κ3) is 5.31. The van der Waals surface area contributed by atoms with Crippen molar-refractivity contribution in [1.29, 1.82) is 0 Å². The Hall–Kier alpha value is -3.39. The van der Waals surface area contributed by atoms with Gasteiger partial charge in [-0.25, -0.2) is 4.79 Å². The molecule has 142 valence electrons. The molecule has 3 amide bonds. The van der Waals surface area contributed by atoms with Crippen molar-refractivity contribution in [1.82, 2.24) is 10.3 Å². The van der Waals surface area contributed by atoms with Crippen LogP contribution in [0, 0.1) is 0 Å². The zero-order valence-corrected chi connectivity index (χ0v) is 16.6. The molecule has 3 aromatic rings. The van der Waals surface area contributed by atoms with Crippen LogP contribution in [-0.4, -0.2) is 24.0 Å². The Morgan fingerprint density at radius 2 is 1.39 bits per heavy atom. The fraction of sp³-hybridized carbons (Fsp3) is 0.0500. The number of hydrogen-bond acceptors (Lipinski definition) is 4. The molecule has 0 unspecified atom stereocenters. The SMILES string of the molecule is CNC(=O)c1cc(Nc2ccc(NC(=O)Nc3ccc(Br)cc3)cc2)ccn1. The molecule has 4 N–H and O–H groups in total. The van der Waals surface area contributed by atoms with Gasteiger partial charge in [0.2, 0.25) is 0 Å². The number of hydrogen-bond donors (Lipinski definition) is 4. The minimum Gasteiger partial charge on any atom is -0.355 e. The minimum absolute atomic E-state index is 0.250. The van der Waals surface area contributed by atoms with Crippen molar-refractivity contribution in [3.05, 3.63) is 77.0 Å². The van der Waals surface area contributed by atoms with E-state index in [9.17, 15) is 9.59 Å². The predicted octanol–water partition coefficient (Wildman–Crippen LogP) is 4.59. The number of benzene rings is 2. The lowest BCUT2D eigenvalue weighted by Gasteiger charge is -2.10. The maximum Gasteiger partial charge on any atom is 0.323 e. The highest BCUT2D eigenvalue weighted by Gasteiger charge is 2.06. The molecule has 0 spiro atoms. The van der Waals surface area contributed by atoms with Crippen LogP contribution >= 0.6 is 15.9 Å². The molecule has 0 saturated carbocycles. The highest BCUT2D eigenvalue weighted by molar-refractivity contribution is 9.10. The number of urea groups is 1. The fourth-order valence-corrected chi connectivity index (χ4v) is 2.66. The van der Waals surface area contributed by atoms with Crippen molar-refractivity contribution in [2.24, 2.45) is 0 Å². The van der Waals surface area contributed by atoms with Gasteiger partial charge in [0.25, 0.3) is 5.91 Å². The summed E-state index contributed by atoms with van der Waals surface area (Å²) in [4.78, 5) is 27.8. The highest BCUT2D eigenvalue weighted by Crippen LogP contribution is 2.20. The number of carbonyl (C=O) groups is 2. The van der Waals surface area contributed by atoms with E-state index in [0.29, 0.717) is 17.1 Å². The molecular formula is C20H18BrN5O2. The summed E-state index contributed by atoms with van der Waals surface area (Å²) in [6.07, 6.45) is 1.56. The van der Waals surface area contributed by atoms with Crippen LogP contribution in [0.2, 0.25) is 0 Å². The number of nitrogens with zero attached hydrogens (tertiary/aromatic N) is 1. The summed E-state index contributed by atoms with van der Waals surface area (Å²) >= 11 is 3.35. The third-order valence-corrected chi connectivity index (χ3v) is 4.28. The molecular weight excluding hydrogens is 422 g/mol. The molecule has 28 heavy (non-hydrogen) atoms. The van der Waals surface area contributed by atoms with Crippen LogP contribution in [0.25, 0.3) is 0 Å². The van der Waals surface area contributed by atoms with Crippen molar-refractivity contribution in [2.45, 2.75) is 0 Å². The Balaban J connectivity index is 1.59. The van der Waals surface area contributed by atoms with Gasteiger partial charge in [-0.3, -0.25) is 9.78 Å². The molecule has 0 radical (unpaired) electrons. The van der Waals surface area contributed by atoms with E-state index in [-0.39, 0.29) is 11.9 Å². The van der Waals surface area contributed by atoms with Gasteiger partial charge in [0.15, 0.2) is 0 Å². The van der Waals surface area contributed by atoms with Gasteiger partial charge in [-0.15, -0.1) is 0 Å². The molecule has 0 saturated heterocycles. The number of aromatic nitrogens is 1. The maximum atomic E-state index is 12.1. The van der Waals surface area contributed by atoms with Gasteiger partial charge < -0.3 is 21.3 Å². The molecule has 0 aliphatic rings. The zero-order valence-electron chi connectivity index (χ0n) is 15.0. The van der Waals surface area contributed by atoms with Crippen molar-refractivity contribution >= 4 is 50.6 Å². The number of anilines is 4. The van der Waals surface area contributed by atoms with Crippen molar-refractivity contribution in [3.8, 4) is 0 Å². The maximum absolute atomic E-state index is 12.1. The van der Waals surface area contributed by atoms with Gasteiger partial charge in [-0.2, -0.15) is 0 Å². The lowest BCUT2D eigenvalue weighted by molar-refractivity contribution is 0.0958. The van der Waals surface area contributed by atoms with E-state index in [1.165, 1.54) is 0 Å². The van der Waals surface area contributed by atoms with E-state index in [1.807, 2.05) is 24.3 Å². The highest BCUT2D eigenvalue weighted by atomic mass is 79.9. The van der Waals surface area contributed by atoms with Gasteiger partial charge in [0, 0.05) is 40.5 Å². The number of halogens is 1. The zero-order chi connectivity index (χ0) is 19.9. The second-order valence-electron chi connectivity index (χ2n) is 5.80. The molecule has 2 aromatic carbocycles. The standard InChI is InChI=1S/C20H18BrN5O2/c1-22-19(27)18-12-17(10-11-23-18)24-14-6-8-16(9-7-14)26-20(28)25-15-4-2-13(21)3-5-15/h2-12H,1H3,(H,22,27)(H,23,24)(H2,25,26,28). The van der Waals surface area contributed by atoms with Crippen LogP contribution < -0.4 is 21.3 Å². The number of carbonyl (C=O) groups excluding carboxylic acids is 2. The summed E-state index contributed by atoms with van der Waals surface area (Å²) in [7, 11) is 1.56. The lowest BCUT2D eigenvalue weighted by Crippen LogP contribution is -2.19. The molecule has 1 heterocycles. The van der Waals surface area contributed by atoms with Crippen molar-refractivity contribution in [3.63, 3.8) is 0 Å². The molecule has 3 rings (SSSR count). The first-order chi connectivity index (χ1) is 13.5. The number of nitrogens with one attached hydrogen (secondary N) is 4. The molecule has 0 atom stereocenters. The summed E-state index contributed by atoms with van der Waals surface area (Å²) in [5.41, 5.74) is 3.23. The second kappa shape index (κ2) is 9.01. The van der Waals surface area contributed by atoms with Crippen LogP contribution in [0.5, 0.6) is 0 Å². The summed E-state index contributed by atoms with van der Waals surface area (Å²) in [6.45, 7) is 0. The Labute approximate surface area is 170 Å². The molecule has 0 fully saturated rings. The molecule has 0 aliphatic heterocycles. The third-order valence-electron chi connectivity index (χ3n) is 3.75. The van der Waals surface area contributed by atoms with Crippen LogP contribution in [0.1, 0.15) is 10.5 Å². The summed E-state index contributed by atoms with van der Waals surface area (Å²) in [5.74, 6) is -0.250. The smallest absolute Gasteiger partial charge is 0.323 e. The Kier molecular flexibility index (Phi) is 6.23. The monoisotopic (exact) mass is 439 g/mol. The van der Waals surface area contributed by atoms with Gasteiger partial charge in [0.1, 0.15) is 5.69 Å². The van der Waals surface area contributed by atoms with Crippen molar-refractivity contribution in [2.75, 3.05) is 23.0 Å². The topological polar surface area (TPSA) is 95.2 Å². The Morgan fingerprint density at radius 1 is 0.821 bits per heavy atom. The summed E-state index contributed by atoms with van der Waals surface area (Å²) in [6, 6.07) is 17.6. The number of amides is 3. The first-order valence-corrected chi connectivity index (χ1v) is 9.21. The lowest BCUT2D eigenvalue weighted by atomic mass is 10.2. The predicted molar refractivity (Wildman–Crippen MR) is 114 cm³/mol. The van der Waals surface area contributed by atoms with E-state index >= 15 is 0 Å². The number of rotatable bonds is 5. The van der Waals surface area contributed by atoms with Crippen LogP contribution in [0.15, 0.2) is 71.3 Å².